The molecule has 0 bridgehead atoms. The van der Waals surface area contributed by atoms with Gasteiger partial charge in [0.15, 0.2) is 5.54 Å². The molecular weight excluding hydrogens is 402 g/mol. The molecule has 9 nitrogen and oxygen atoms in total. The Kier molecular flexibility index (Phi) is 5.10. The van der Waals surface area contributed by atoms with Gasteiger partial charge in [0, 0.05) is 29.7 Å². The minimum absolute atomic E-state index is 0.109. The van der Waals surface area contributed by atoms with Crippen LogP contribution in [0.25, 0.3) is 0 Å². The Balaban J connectivity index is 1.84. The van der Waals surface area contributed by atoms with Crippen LogP contribution in [0.1, 0.15) is 30.4 Å². The molecule has 0 aromatic heterocycles. The molecule has 2 aromatic carbocycles. The van der Waals surface area contributed by atoms with E-state index in [0.29, 0.717) is 34.0 Å². The summed E-state index contributed by atoms with van der Waals surface area (Å²) in [7, 11) is 3.05. The van der Waals surface area contributed by atoms with Crippen LogP contribution in [0.3, 0.4) is 0 Å². The molecule has 2 heterocycles. The molecule has 2 aromatic rings. The summed E-state index contributed by atoms with van der Waals surface area (Å²) in [5.41, 5.74) is 0.871. The van der Waals surface area contributed by atoms with E-state index in [1.165, 1.54) is 14.2 Å². The van der Waals surface area contributed by atoms with Crippen molar-refractivity contribution in [2.75, 3.05) is 19.5 Å². The summed E-state index contributed by atoms with van der Waals surface area (Å²) in [6.45, 7) is 0. The molecule has 2 N–H and O–H groups in total. The van der Waals surface area contributed by atoms with Crippen molar-refractivity contribution < 1.29 is 29.0 Å². The zero-order valence-electron chi connectivity index (χ0n) is 17.0. The van der Waals surface area contributed by atoms with E-state index in [4.69, 9.17) is 14.6 Å². The maximum absolute atomic E-state index is 13.2. The maximum Gasteiger partial charge on any atom is 0.303 e. The number of carboxylic acid groups (broad SMARTS) is 1. The van der Waals surface area contributed by atoms with Gasteiger partial charge in [-0.15, -0.1) is 0 Å². The number of carboxylic acids is 1. The van der Waals surface area contributed by atoms with Gasteiger partial charge < -0.3 is 19.9 Å². The fourth-order valence-corrected chi connectivity index (χ4v) is 4.02. The molecule has 0 saturated carbocycles. The summed E-state index contributed by atoms with van der Waals surface area (Å²) >= 11 is 0. The number of aliphatic carboxylic acids is 1. The minimum atomic E-state index is -1.39. The number of carbonyl (C=O) groups is 3. The van der Waals surface area contributed by atoms with Crippen molar-refractivity contribution in [3.05, 3.63) is 53.6 Å². The van der Waals surface area contributed by atoms with E-state index in [9.17, 15) is 14.4 Å². The zero-order valence-corrected chi connectivity index (χ0v) is 17.0. The molecule has 2 amide bonds. The quantitative estimate of drug-likeness (QED) is 0.737. The first-order valence-corrected chi connectivity index (χ1v) is 9.66. The number of anilines is 1. The summed E-state index contributed by atoms with van der Waals surface area (Å²) in [5, 5.41) is 17.5. The van der Waals surface area contributed by atoms with Gasteiger partial charge in [-0.1, -0.05) is 18.2 Å². The largest absolute Gasteiger partial charge is 0.497 e. The van der Waals surface area contributed by atoms with Crippen LogP contribution in [0.4, 0.5) is 5.69 Å². The van der Waals surface area contributed by atoms with E-state index in [1.54, 1.807) is 42.5 Å². The Morgan fingerprint density at radius 3 is 2.65 bits per heavy atom. The molecule has 2 aliphatic heterocycles. The average Bonchev–Trinajstić information content (AvgIpc) is 3.31. The van der Waals surface area contributed by atoms with Gasteiger partial charge in [0.25, 0.3) is 5.91 Å². The van der Waals surface area contributed by atoms with E-state index < -0.39 is 23.3 Å². The normalized spacial score (nSPS) is 19.1. The second kappa shape index (κ2) is 7.75. The Bertz CT molecular complexity index is 1110. The number of hydrazone groups is 1. The van der Waals surface area contributed by atoms with Crippen LogP contribution in [-0.4, -0.2) is 47.8 Å². The highest BCUT2D eigenvalue weighted by atomic mass is 16.5. The van der Waals surface area contributed by atoms with Gasteiger partial charge in [-0.25, -0.2) is 5.01 Å². The van der Waals surface area contributed by atoms with Crippen molar-refractivity contribution >= 4 is 29.2 Å². The number of carbonyl (C=O) groups excluding carboxylic acids is 2. The highest BCUT2D eigenvalue weighted by molar-refractivity contribution is 6.15. The first kappa shape index (κ1) is 20.4. The Hall–Kier alpha value is -3.88. The summed E-state index contributed by atoms with van der Waals surface area (Å²) in [6, 6.07) is 12.3. The first-order valence-electron chi connectivity index (χ1n) is 9.66. The predicted octanol–water partition coefficient (Wildman–Crippen LogP) is 2.35. The van der Waals surface area contributed by atoms with Gasteiger partial charge in [0.05, 0.1) is 26.4 Å². The molecule has 0 fully saturated rings. The molecule has 0 saturated heterocycles. The smallest absolute Gasteiger partial charge is 0.303 e. The average molecular weight is 423 g/mol. The first-order chi connectivity index (χ1) is 14.9. The molecule has 0 radical (unpaired) electrons. The monoisotopic (exact) mass is 423 g/mol. The summed E-state index contributed by atoms with van der Waals surface area (Å²) in [5.74, 6) is -0.957. The molecule has 2 aliphatic rings. The van der Waals surface area contributed by atoms with Crippen LogP contribution in [0.5, 0.6) is 11.5 Å². The molecular formula is C22H21N3O6. The van der Waals surface area contributed by atoms with Gasteiger partial charge >= 0.3 is 5.97 Å². The third-order valence-electron chi connectivity index (χ3n) is 5.51. The number of hydrogen-bond donors (Lipinski definition) is 2. The van der Waals surface area contributed by atoms with Crippen molar-refractivity contribution in [3.63, 3.8) is 0 Å². The topological polar surface area (TPSA) is 118 Å². The Labute approximate surface area is 178 Å². The third-order valence-corrected chi connectivity index (χ3v) is 5.51. The van der Waals surface area contributed by atoms with Gasteiger partial charge in [-0.3, -0.25) is 14.4 Å². The second-order valence-corrected chi connectivity index (χ2v) is 7.25. The molecule has 9 heteroatoms. The van der Waals surface area contributed by atoms with Crippen molar-refractivity contribution in [1.29, 1.82) is 0 Å². The zero-order chi connectivity index (χ0) is 22.2. The third kappa shape index (κ3) is 3.27. The molecule has 0 unspecified atom stereocenters. The van der Waals surface area contributed by atoms with Crippen LogP contribution in [0.2, 0.25) is 0 Å². The van der Waals surface area contributed by atoms with E-state index in [1.807, 2.05) is 0 Å². The van der Waals surface area contributed by atoms with Crippen LogP contribution in [0, 0.1) is 0 Å². The lowest BCUT2D eigenvalue weighted by Crippen LogP contribution is -2.48. The van der Waals surface area contributed by atoms with E-state index >= 15 is 0 Å². The highest BCUT2D eigenvalue weighted by Crippen LogP contribution is 2.48. The SMILES string of the molecule is COc1ccc(OC)c(C2=NN(C(=O)CCC(=O)O)[C@@]3(C2)C(=O)Nc2ccccc23)c1. The molecule has 160 valence electrons. The van der Waals surface area contributed by atoms with Gasteiger partial charge in [0.2, 0.25) is 5.91 Å². The number of methoxy groups -OCH3 is 2. The van der Waals surface area contributed by atoms with Crippen molar-refractivity contribution in [1.82, 2.24) is 5.01 Å². The number of benzene rings is 2. The number of amides is 2. The number of nitrogens with zero attached hydrogens (tertiary/aromatic N) is 2. The Morgan fingerprint density at radius 1 is 1.16 bits per heavy atom. The summed E-state index contributed by atoms with van der Waals surface area (Å²) in [4.78, 5) is 37.3. The fraction of sp³-hybridized carbons (Fsp3) is 0.273. The lowest BCUT2D eigenvalue weighted by Gasteiger charge is -2.30. The number of hydrogen-bond acceptors (Lipinski definition) is 6. The molecule has 31 heavy (non-hydrogen) atoms. The van der Waals surface area contributed by atoms with E-state index in [2.05, 4.69) is 10.4 Å². The lowest BCUT2D eigenvalue weighted by atomic mass is 9.84. The Morgan fingerprint density at radius 2 is 1.94 bits per heavy atom. The van der Waals surface area contributed by atoms with Crippen molar-refractivity contribution in [2.45, 2.75) is 24.8 Å². The van der Waals surface area contributed by atoms with Gasteiger partial charge in [0.1, 0.15) is 11.5 Å². The number of rotatable bonds is 6. The fourth-order valence-electron chi connectivity index (χ4n) is 4.02. The molecule has 0 aliphatic carbocycles. The van der Waals surface area contributed by atoms with Crippen molar-refractivity contribution in [3.8, 4) is 11.5 Å². The van der Waals surface area contributed by atoms with Crippen LogP contribution < -0.4 is 14.8 Å². The highest BCUT2D eigenvalue weighted by Gasteiger charge is 2.57. The van der Waals surface area contributed by atoms with E-state index in [0.717, 1.165) is 5.01 Å². The predicted molar refractivity (Wildman–Crippen MR) is 111 cm³/mol. The van der Waals surface area contributed by atoms with E-state index in [-0.39, 0.29) is 19.3 Å². The van der Waals surface area contributed by atoms with Gasteiger partial charge in [-0.2, -0.15) is 5.10 Å². The molecule has 1 spiro atoms. The molecule has 4 rings (SSSR count). The summed E-state index contributed by atoms with van der Waals surface area (Å²) < 4.78 is 10.8. The van der Waals surface area contributed by atoms with Crippen LogP contribution in [0.15, 0.2) is 47.6 Å². The number of para-hydroxylation sites is 1. The number of nitrogens with one attached hydrogen (secondary N) is 1. The minimum Gasteiger partial charge on any atom is -0.497 e. The number of fused-ring (bicyclic) bond motifs is 2. The second-order valence-electron chi connectivity index (χ2n) is 7.25. The standard InChI is InChI=1S/C22H21N3O6/c1-30-13-7-8-18(31-2)14(11-13)17-12-22(25(24-17)19(26)9-10-20(27)28)15-5-3-4-6-16(15)23-21(22)29/h3-8,11H,9-10,12H2,1-2H3,(H,23,29)(H,27,28)/t22-/m1/s1. The lowest BCUT2D eigenvalue weighted by molar-refractivity contribution is -0.146. The van der Waals surface area contributed by atoms with Gasteiger partial charge in [-0.05, 0) is 24.3 Å². The maximum atomic E-state index is 13.2. The summed E-state index contributed by atoms with van der Waals surface area (Å²) in [6.07, 6.45) is -0.529. The van der Waals surface area contributed by atoms with Crippen LogP contribution >= 0.6 is 0 Å². The van der Waals surface area contributed by atoms with Crippen LogP contribution in [-0.2, 0) is 19.9 Å². The molecule has 1 atom stereocenters. The van der Waals surface area contributed by atoms with Crippen molar-refractivity contribution in [2.24, 2.45) is 5.10 Å². The number of ether oxygens (including phenoxy) is 2.